The predicted molar refractivity (Wildman–Crippen MR) is 78.8 cm³/mol. The zero-order valence-electron chi connectivity index (χ0n) is 11.6. The Bertz CT molecular complexity index is 702. The highest BCUT2D eigenvalue weighted by molar-refractivity contribution is 5.97. The van der Waals surface area contributed by atoms with Crippen molar-refractivity contribution < 1.29 is 9.53 Å². The number of morpholine rings is 1. The van der Waals surface area contributed by atoms with Crippen LogP contribution >= 0.6 is 0 Å². The number of rotatable bonds is 2. The maximum absolute atomic E-state index is 12.7. The summed E-state index contributed by atoms with van der Waals surface area (Å²) in [4.78, 5) is 26.4. The number of pyridine rings is 1. The highest BCUT2D eigenvalue weighted by Crippen LogP contribution is 2.16. The third kappa shape index (κ3) is 2.73. The minimum Gasteiger partial charge on any atom is -0.378 e. The Hall–Kier alpha value is -2.40. The summed E-state index contributed by atoms with van der Waals surface area (Å²) in [5.41, 5.74) is 0.993. The second kappa shape index (κ2) is 5.93. The molecule has 0 atom stereocenters. The first kappa shape index (κ1) is 13.6. The van der Waals surface area contributed by atoms with Crippen LogP contribution in [0.3, 0.4) is 0 Å². The predicted octanol–water partition coefficient (Wildman–Crippen LogP) is 1.31. The van der Waals surface area contributed by atoms with Crippen LogP contribution in [0.4, 0.5) is 0 Å². The number of carbonyl (C=O) groups is 1. The van der Waals surface area contributed by atoms with Crippen molar-refractivity contribution in [2.75, 3.05) is 26.3 Å². The Balaban J connectivity index is 2.02. The maximum atomic E-state index is 12.7. The lowest BCUT2D eigenvalue weighted by molar-refractivity contribution is 0.0303. The van der Waals surface area contributed by atoms with E-state index in [4.69, 9.17) is 4.74 Å². The van der Waals surface area contributed by atoms with Crippen molar-refractivity contribution in [2.24, 2.45) is 0 Å². The minimum absolute atomic E-state index is 0.0651. The van der Waals surface area contributed by atoms with Crippen molar-refractivity contribution in [2.45, 2.75) is 0 Å². The van der Waals surface area contributed by atoms with Crippen LogP contribution in [0, 0.1) is 0 Å². The van der Waals surface area contributed by atoms with Gasteiger partial charge in [0, 0.05) is 25.4 Å². The van der Waals surface area contributed by atoms with Gasteiger partial charge in [-0.15, -0.1) is 0 Å². The Labute approximate surface area is 122 Å². The number of amides is 1. The van der Waals surface area contributed by atoms with Crippen molar-refractivity contribution >= 4 is 5.91 Å². The van der Waals surface area contributed by atoms with Gasteiger partial charge in [-0.3, -0.25) is 14.2 Å². The molecule has 1 aromatic heterocycles. The van der Waals surface area contributed by atoms with E-state index in [0.717, 1.165) is 0 Å². The molecule has 1 fully saturated rings. The van der Waals surface area contributed by atoms with Gasteiger partial charge in [-0.1, -0.05) is 18.2 Å². The summed E-state index contributed by atoms with van der Waals surface area (Å²) in [6.45, 7) is 2.27. The van der Waals surface area contributed by atoms with Gasteiger partial charge in [0.2, 0.25) is 0 Å². The van der Waals surface area contributed by atoms with E-state index < -0.39 is 0 Å². The van der Waals surface area contributed by atoms with Crippen molar-refractivity contribution in [3.8, 4) is 5.69 Å². The molecule has 1 amide bonds. The molecule has 0 unspecified atom stereocenters. The lowest BCUT2D eigenvalue weighted by Crippen LogP contribution is -2.41. The molecule has 0 radical (unpaired) electrons. The number of aromatic nitrogens is 1. The number of nitrogens with zero attached hydrogens (tertiary/aromatic N) is 2. The molecular weight excluding hydrogens is 268 g/mol. The molecule has 0 aliphatic carbocycles. The maximum Gasteiger partial charge on any atom is 0.256 e. The summed E-state index contributed by atoms with van der Waals surface area (Å²) in [6, 6.07) is 12.1. The summed E-state index contributed by atoms with van der Waals surface area (Å²) < 4.78 is 6.76. The average Bonchev–Trinajstić information content (AvgIpc) is 2.55. The van der Waals surface area contributed by atoms with Crippen LogP contribution in [-0.4, -0.2) is 41.7 Å². The van der Waals surface area contributed by atoms with Gasteiger partial charge in [0.25, 0.3) is 11.5 Å². The molecule has 3 rings (SSSR count). The van der Waals surface area contributed by atoms with Crippen LogP contribution in [-0.2, 0) is 4.74 Å². The van der Waals surface area contributed by atoms with Crippen molar-refractivity contribution in [3.05, 3.63) is 64.6 Å². The van der Waals surface area contributed by atoms with Crippen molar-refractivity contribution in [1.82, 2.24) is 9.47 Å². The summed E-state index contributed by atoms with van der Waals surface area (Å²) in [5, 5.41) is 0. The first-order valence-corrected chi connectivity index (χ1v) is 6.91. The molecule has 5 nitrogen and oxygen atoms in total. The lowest BCUT2D eigenvalue weighted by atomic mass is 10.1. The number of carbonyl (C=O) groups excluding carboxylic acids is 1. The summed E-state index contributed by atoms with van der Waals surface area (Å²) in [7, 11) is 0. The molecule has 2 aromatic rings. The zero-order valence-corrected chi connectivity index (χ0v) is 11.6. The highest BCUT2D eigenvalue weighted by atomic mass is 16.5. The third-order valence-corrected chi connectivity index (χ3v) is 3.51. The monoisotopic (exact) mass is 284 g/mol. The smallest absolute Gasteiger partial charge is 0.256 e. The minimum atomic E-state index is -0.153. The summed E-state index contributed by atoms with van der Waals surface area (Å²) >= 11 is 0. The molecule has 2 heterocycles. The molecule has 1 aliphatic heterocycles. The van der Waals surface area contributed by atoms with E-state index >= 15 is 0 Å². The van der Waals surface area contributed by atoms with Gasteiger partial charge in [0.1, 0.15) is 0 Å². The van der Waals surface area contributed by atoms with E-state index in [1.54, 1.807) is 35.4 Å². The largest absolute Gasteiger partial charge is 0.378 e. The summed E-state index contributed by atoms with van der Waals surface area (Å²) in [6.07, 6.45) is 1.67. The number of benzene rings is 1. The second-order valence-corrected chi connectivity index (χ2v) is 4.83. The van der Waals surface area contributed by atoms with Crippen LogP contribution in [0.25, 0.3) is 5.69 Å². The fraction of sp³-hybridized carbons (Fsp3) is 0.250. The Morgan fingerprint density at radius 1 is 1.00 bits per heavy atom. The first-order chi connectivity index (χ1) is 10.3. The Morgan fingerprint density at radius 3 is 2.48 bits per heavy atom. The Kier molecular flexibility index (Phi) is 3.83. The SMILES string of the molecule is O=C(c1ccccc1-n1ccccc1=O)N1CCOCC1. The molecule has 0 N–H and O–H groups in total. The molecular formula is C16H16N2O3. The van der Waals surface area contributed by atoms with E-state index in [1.165, 1.54) is 10.6 Å². The van der Waals surface area contributed by atoms with E-state index in [2.05, 4.69) is 0 Å². The van der Waals surface area contributed by atoms with Gasteiger partial charge in [0.05, 0.1) is 24.5 Å². The zero-order chi connectivity index (χ0) is 14.7. The van der Waals surface area contributed by atoms with E-state index in [0.29, 0.717) is 37.6 Å². The second-order valence-electron chi connectivity index (χ2n) is 4.83. The molecule has 0 saturated carbocycles. The van der Waals surface area contributed by atoms with Gasteiger partial charge in [0.15, 0.2) is 0 Å². The molecule has 108 valence electrons. The number of hydrogen-bond donors (Lipinski definition) is 0. The lowest BCUT2D eigenvalue weighted by Gasteiger charge is -2.27. The van der Waals surface area contributed by atoms with E-state index in [1.807, 2.05) is 12.1 Å². The molecule has 21 heavy (non-hydrogen) atoms. The van der Waals surface area contributed by atoms with Crippen LogP contribution in [0.5, 0.6) is 0 Å². The molecule has 0 spiro atoms. The standard InChI is InChI=1S/C16H16N2O3/c19-15-7-3-4-8-18(15)14-6-2-1-5-13(14)16(20)17-9-11-21-12-10-17/h1-8H,9-12H2. The van der Waals surface area contributed by atoms with Crippen molar-refractivity contribution in [3.63, 3.8) is 0 Å². The normalized spacial score (nSPS) is 15.0. The molecule has 0 bridgehead atoms. The van der Waals surface area contributed by atoms with Gasteiger partial charge in [-0.2, -0.15) is 0 Å². The number of hydrogen-bond acceptors (Lipinski definition) is 3. The highest BCUT2D eigenvalue weighted by Gasteiger charge is 2.21. The number of ether oxygens (including phenoxy) is 1. The summed E-state index contributed by atoms with van der Waals surface area (Å²) in [5.74, 6) is -0.0651. The molecule has 5 heteroatoms. The average molecular weight is 284 g/mol. The molecule has 1 aromatic carbocycles. The fourth-order valence-electron chi connectivity index (χ4n) is 2.43. The molecule has 1 saturated heterocycles. The van der Waals surface area contributed by atoms with Crippen LogP contribution in [0.1, 0.15) is 10.4 Å². The number of para-hydroxylation sites is 1. The van der Waals surface area contributed by atoms with E-state index in [-0.39, 0.29) is 11.5 Å². The first-order valence-electron chi connectivity index (χ1n) is 6.91. The van der Waals surface area contributed by atoms with Crippen LogP contribution in [0.15, 0.2) is 53.5 Å². The van der Waals surface area contributed by atoms with Gasteiger partial charge in [-0.05, 0) is 18.2 Å². The van der Waals surface area contributed by atoms with E-state index in [9.17, 15) is 9.59 Å². The van der Waals surface area contributed by atoms with Crippen LogP contribution in [0.2, 0.25) is 0 Å². The van der Waals surface area contributed by atoms with Gasteiger partial charge in [-0.25, -0.2) is 0 Å². The van der Waals surface area contributed by atoms with Gasteiger partial charge < -0.3 is 9.64 Å². The Morgan fingerprint density at radius 2 is 1.71 bits per heavy atom. The molecule has 1 aliphatic rings. The quantitative estimate of drug-likeness (QED) is 0.835. The van der Waals surface area contributed by atoms with Gasteiger partial charge >= 0.3 is 0 Å². The van der Waals surface area contributed by atoms with Crippen molar-refractivity contribution in [1.29, 1.82) is 0 Å². The topological polar surface area (TPSA) is 51.5 Å². The fourth-order valence-corrected chi connectivity index (χ4v) is 2.43. The van der Waals surface area contributed by atoms with Crippen LogP contribution < -0.4 is 5.56 Å². The third-order valence-electron chi connectivity index (χ3n) is 3.51.